The van der Waals surface area contributed by atoms with Gasteiger partial charge < -0.3 is 5.32 Å². The number of aromatic nitrogens is 2. The topological polar surface area (TPSA) is 76.0 Å². The van der Waals surface area contributed by atoms with E-state index in [0.29, 0.717) is 24.4 Å². The molecule has 2 N–H and O–H groups in total. The summed E-state index contributed by atoms with van der Waals surface area (Å²) in [6, 6.07) is 16.6. The summed E-state index contributed by atoms with van der Waals surface area (Å²) in [6.07, 6.45) is 0.764. The maximum absolute atomic E-state index is 12.3. The quantitative estimate of drug-likeness (QED) is 0.751. The van der Waals surface area contributed by atoms with Crippen LogP contribution in [0.25, 0.3) is 10.9 Å². The van der Waals surface area contributed by atoms with Crippen LogP contribution in [0.1, 0.15) is 18.9 Å². The summed E-state index contributed by atoms with van der Waals surface area (Å²) >= 11 is 0. The lowest BCUT2D eigenvalue weighted by molar-refractivity contribution is 0.251. The van der Waals surface area contributed by atoms with Gasteiger partial charge in [-0.15, -0.1) is 0 Å². The SMILES string of the molecule is CCCn1c(NC(=O)NCc2ccccc2)c2ccccc2nc1=O. The van der Waals surface area contributed by atoms with Gasteiger partial charge in [-0.2, -0.15) is 4.98 Å². The molecule has 0 spiro atoms. The third-order valence-corrected chi connectivity index (χ3v) is 3.85. The second kappa shape index (κ2) is 7.61. The number of carbonyl (C=O) groups is 1. The van der Waals surface area contributed by atoms with Gasteiger partial charge >= 0.3 is 11.7 Å². The largest absolute Gasteiger partial charge is 0.349 e. The molecule has 6 heteroatoms. The molecule has 25 heavy (non-hydrogen) atoms. The van der Waals surface area contributed by atoms with E-state index in [1.807, 2.05) is 55.5 Å². The predicted octanol–water partition coefficient (Wildman–Crippen LogP) is 3.13. The van der Waals surface area contributed by atoms with Crippen LogP contribution in [-0.2, 0) is 13.1 Å². The number of anilines is 1. The van der Waals surface area contributed by atoms with E-state index < -0.39 is 0 Å². The van der Waals surface area contributed by atoms with E-state index in [-0.39, 0.29) is 11.7 Å². The van der Waals surface area contributed by atoms with E-state index in [2.05, 4.69) is 15.6 Å². The van der Waals surface area contributed by atoms with Crippen LogP contribution in [-0.4, -0.2) is 15.6 Å². The lowest BCUT2D eigenvalue weighted by Gasteiger charge is -2.15. The Morgan fingerprint density at radius 3 is 2.56 bits per heavy atom. The summed E-state index contributed by atoms with van der Waals surface area (Å²) in [6.45, 7) is 2.87. The molecular formula is C19H20N4O2. The number of rotatable bonds is 5. The van der Waals surface area contributed by atoms with E-state index in [1.165, 1.54) is 4.57 Å². The van der Waals surface area contributed by atoms with Crippen molar-refractivity contribution in [3.63, 3.8) is 0 Å². The highest BCUT2D eigenvalue weighted by Crippen LogP contribution is 2.20. The van der Waals surface area contributed by atoms with E-state index in [1.54, 1.807) is 6.07 Å². The van der Waals surface area contributed by atoms with Crippen LogP contribution >= 0.6 is 0 Å². The van der Waals surface area contributed by atoms with Gasteiger partial charge in [0.2, 0.25) is 0 Å². The fourth-order valence-electron chi connectivity index (χ4n) is 2.67. The van der Waals surface area contributed by atoms with Crippen LogP contribution in [0.5, 0.6) is 0 Å². The maximum atomic E-state index is 12.3. The second-order valence-corrected chi connectivity index (χ2v) is 5.71. The normalized spacial score (nSPS) is 10.6. The number of urea groups is 1. The van der Waals surface area contributed by atoms with Crippen molar-refractivity contribution in [2.24, 2.45) is 0 Å². The Kier molecular flexibility index (Phi) is 5.09. The summed E-state index contributed by atoms with van der Waals surface area (Å²) in [4.78, 5) is 28.7. The van der Waals surface area contributed by atoms with Crippen molar-refractivity contribution >= 4 is 22.8 Å². The molecular weight excluding hydrogens is 316 g/mol. The Balaban J connectivity index is 1.87. The van der Waals surface area contributed by atoms with Gasteiger partial charge in [0.05, 0.1) is 5.52 Å². The third kappa shape index (κ3) is 3.85. The minimum absolute atomic E-state index is 0.357. The average Bonchev–Trinajstić information content (AvgIpc) is 2.63. The van der Waals surface area contributed by atoms with Crippen LogP contribution in [0.2, 0.25) is 0 Å². The Hall–Kier alpha value is -3.15. The number of benzene rings is 2. The molecule has 0 bridgehead atoms. The van der Waals surface area contributed by atoms with Crippen molar-refractivity contribution in [3.8, 4) is 0 Å². The molecule has 3 rings (SSSR count). The predicted molar refractivity (Wildman–Crippen MR) is 98.6 cm³/mol. The molecule has 2 aromatic carbocycles. The summed E-state index contributed by atoms with van der Waals surface area (Å²) in [5, 5.41) is 6.38. The molecule has 3 aromatic rings. The highest BCUT2D eigenvalue weighted by Gasteiger charge is 2.13. The molecule has 1 aromatic heterocycles. The average molecular weight is 336 g/mol. The molecule has 2 amide bonds. The van der Waals surface area contributed by atoms with E-state index in [0.717, 1.165) is 17.4 Å². The molecule has 6 nitrogen and oxygen atoms in total. The van der Waals surface area contributed by atoms with E-state index >= 15 is 0 Å². The third-order valence-electron chi connectivity index (χ3n) is 3.85. The molecule has 0 fully saturated rings. The first-order chi connectivity index (χ1) is 12.2. The van der Waals surface area contributed by atoms with Gasteiger partial charge in [-0.3, -0.25) is 9.88 Å². The van der Waals surface area contributed by atoms with Crippen molar-refractivity contribution < 1.29 is 4.79 Å². The molecule has 0 aliphatic heterocycles. The molecule has 0 unspecified atom stereocenters. The Morgan fingerprint density at radius 2 is 1.80 bits per heavy atom. The van der Waals surface area contributed by atoms with Gasteiger partial charge in [0.15, 0.2) is 0 Å². The first-order valence-electron chi connectivity index (χ1n) is 8.27. The van der Waals surface area contributed by atoms with Crippen LogP contribution < -0.4 is 16.3 Å². The maximum Gasteiger partial charge on any atom is 0.349 e. The number of hydrogen-bond donors (Lipinski definition) is 2. The minimum atomic E-state index is -0.362. The van der Waals surface area contributed by atoms with Crippen molar-refractivity contribution in [2.45, 2.75) is 26.4 Å². The van der Waals surface area contributed by atoms with Crippen molar-refractivity contribution in [1.29, 1.82) is 0 Å². The second-order valence-electron chi connectivity index (χ2n) is 5.71. The molecule has 0 saturated carbocycles. The summed E-state index contributed by atoms with van der Waals surface area (Å²) in [5.41, 5.74) is 1.21. The summed E-state index contributed by atoms with van der Waals surface area (Å²) < 4.78 is 1.50. The smallest absolute Gasteiger partial charge is 0.334 e. The zero-order valence-corrected chi connectivity index (χ0v) is 14.0. The van der Waals surface area contributed by atoms with Gasteiger partial charge in [-0.25, -0.2) is 9.59 Å². The lowest BCUT2D eigenvalue weighted by atomic mass is 10.2. The van der Waals surface area contributed by atoms with E-state index in [9.17, 15) is 9.59 Å². The standard InChI is InChI=1S/C19H20N4O2/c1-2-12-23-17(15-10-6-7-11-16(15)21-19(23)25)22-18(24)20-13-14-8-4-3-5-9-14/h3-11H,2,12-13H2,1H3,(H2,20,22,24). The Bertz CT molecular complexity index is 935. The van der Waals surface area contributed by atoms with Crippen molar-refractivity contribution in [3.05, 3.63) is 70.6 Å². The number of amides is 2. The zero-order valence-electron chi connectivity index (χ0n) is 14.0. The fourth-order valence-corrected chi connectivity index (χ4v) is 2.67. The molecule has 0 aliphatic carbocycles. The van der Waals surface area contributed by atoms with Crippen LogP contribution in [0.4, 0.5) is 10.6 Å². The minimum Gasteiger partial charge on any atom is -0.334 e. The molecule has 128 valence electrons. The fraction of sp³-hybridized carbons (Fsp3) is 0.211. The highest BCUT2D eigenvalue weighted by molar-refractivity contribution is 5.98. The number of hydrogen-bond acceptors (Lipinski definition) is 3. The van der Waals surface area contributed by atoms with Gasteiger partial charge in [-0.1, -0.05) is 49.4 Å². The van der Waals surface area contributed by atoms with Gasteiger partial charge in [0, 0.05) is 18.5 Å². The van der Waals surface area contributed by atoms with E-state index in [4.69, 9.17) is 0 Å². The van der Waals surface area contributed by atoms with Gasteiger partial charge in [-0.05, 0) is 24.1 Å². The highest BCUT2D eigenvalue weighted by atomic mass is 16.2. The number of fused-ring (bicyclic) bond motifs is 1. The number of para-hydroxylation sites is 1. The monoisotopic (exact) mass is 336 g/mol. The molecule has 0 atom stereocenters. The number of nitrogens with zero attached hydrogens (tertiary/aromatic N) is 2. The Morgan fingerprint density at radius 1 is 1.08 bits per heavy atom. The Labute approximate surface area is 145 Å². The number of nitrogens with one attached hydrogen (secondary N) is 2. The van der Waals surface area contributed by atoms with Crippen LogP contribution in [0.3, 0.4) is 0 Å². The number of carbonyl (C=O) groups excluding carboxylic acids is 1. The molecule has 0 saturated heterocycles. The van der Waals surface area contributed by atoms with Crippen molar-refractivity contribution in [1.82, 2.24) is 14.9 Å². The van der Waals surface area contributed by atoms with Gasteiger partial charge in [0.1, 0.15) is 5.82 Å². The summed E-state index contributed by atoms with van der Waals surface area (Å²) in [7, 11) is 0. The van der Waals surface area contributed by atoms with Crippen LogP contribution in [0.15, 0.2) is 59.4 Å². The molecule has 0 aliphatic rings. The molecule has 1 heterocycles. The van der Waals surface area contributed by atoms with Gasteiger partial charge in [0.25, 0.3) is 0 Å². The van der Waals surface area contributed by atoms with Crippen molar-refractivity contribution in [2.75, 3.05) is 5.32 Å². The molecule has 0 radical (unpaired) electrons. The first kappa shape index (κ1) is 16.7. The summed E-state index contributed by atoms with van der Waals surface area (Å²) in [5.74, 6) is 0.475. The first-order valence-corrected chi connectivity index (χ1v) is 8.27. The van der Waals surface area contributed by atoms with Crippen LogP contribution in [0, 0.1) is 0 Å². The zero-order chi connectivity index (χ0) is 17.6. The lowest BCUT2D eigenvalue weighted by Crippen LogP contribution is -2.33.